The van der Waals surface area contributed by atoms with E-state index in [1.54, 1.807) is 19.3 Å². The van der Waals surface area contributed by atoms with E-state index in [-0.39, 0.29) is 11.5 Å². The first-order chi connectivity index (χ1) is 10.1. The molecule has 0 saturated carbocycles. The molecule has 2 aromatic heterocycles. The third-order valence-corrected chi connectivity index (χ3v) is 2.91. The van der Waals surface area contributed by atoms with Crippen LogP contribution in [-0.2, 0) is 7.05 Å². The molecule has 10 heteroatoms. The van der Waals surface area contributed by atoms with Gasteiger partial charge in [-0.05, 0) is 13.0 Å². The van der Waals surface area contributed by atoms with Crippen LogP contribution in [0.3, 0.4) is 0 Å². The number of hydrogen-bond donors (Lipinski definition) is 2. The molecular formula is C12H13F3N4O3. The van der Waals surface area contributed by atoms with Gasteiger partial charge < -0.3 is 14.9 Å². The van der Waals surface area contributed by atoms with Crippen molar-refractivity contribution in [1.29, 1.82) is 0 Å². The van der Waals surface area contributed by atoms with Crippen LogP contribution in [0.5, 0.6) is 0 Å². The molecule has 22 heavy (non-hydrogen) atoms. The summed E-state index contributed by atoms with van der Waals surface area (Å²) < 4.78 is 43.8. The summed E-state index contributed by atoms with van der Waals surface area (Å²) in [5.74, 6) is -0.691. The predicted molar refractivity (Wildman–Crippen MR) is 67.7 cm³/mol. The molecule has 2 rings (SSSR count). The maximum absolute atomic E-state index is 12.5. The fourth-order valence-electron chi connectivity index (χ4n) is 1.49. The summed E-state index contributed by atoms with van der Waals surface area (Å²) in [5.41, 5.74) is -2.81. The van der Waals surface area contributed by atoms with Gasteiger partial charge in [0.15, 0.2) is 17.1 Å². The quantitative estimate of drug-likeness (QED) is 0.881. The summed E-state index contributed by atoms with van der Waals surface area (Å²) in [7, 11) is 1.69. The molecule has 1 amide bonds. The molecule has 0 aliphatic heterocycles. The van der Waals surface area contributed by atoms with E-state index in [4.69, 9.17) is 4.52 Å². The van der Waals surface area contributed by atoms with E-state index in [9.17, 15) is 23.1 Å². The number of amides is 1. The maximum Gasteiger partial charge on any atom is 0.418 e. The molecule has 0 bridgehead atoms. The fourth-order valence-corrected chi connectivity index (χ4v) is 1.49. The highest BCUT2D eigenvalue weighted by atomic mass is 19.4. The van der Waals surface area contributed by atoms with E-state index >= 15 is 0 Å². The molecule has 2 heterocycles. The maximum atomic E-state index is 12.5. The Morgan fingerprint density at radius 1 is 1.50 bits per heavy atom. The van der Waals surface area contributed by atoms with Crippen LogP contribution in [0.1, 0.15) is 17.4 Å². The fraction of sp³-hybridized carbons (Fsp3) is 0.417. The van der Waals surface area contributed by atoms with Gasteiger partial charge in [0.25, 0.3) is 5.91 Å². The number of rotatable bonds is 4. The molecule has 0 spiro atoms. The van der Waals surface area contributed by atoms with Crippen molar-refractivity contribution in [3.05, 3.63) is 24.0 Å². The third-order valence-electron chi connectivity index (χ3n) is 2.91. The molecule has 0 fully saturated rings. The van der Waals surface area contributed by atoms with Crippen molar-refractivity contribution in [3.8, 4) is 11.5 Å². The van der Waals surface area contributed by atoms with E-state index in [0.717, 1.165) is 0 Å². The Labute approximate surface area is 122 Å². The minimum absolute atomic E-state index is 0.202. The zero-order chi connectivity index (χ0) is 16.5. The van der Waals surface area contributed by atoms with Gasteiger partial charge in [0.05, 0.1) is 6.54 Å². The second kappa shape index (κ2) is 5.44. The number of nitrogens with zero attached hydrogens (tertiary/aromatic N) is 3. The van der Waals surface area contributed by atoms with Crippen molar-refractivity contribution in [3.63, 3.8) is 0 Å². The van der Waals surface area contributed by atoms with Crippen LogP contribution in [0.15, 0.2) is 22.9 Å². The number of hydrogen-bond acceptors (Lipinski definition) is 5. The largest absolute Gasteiger partial charge is 0.418 e. The molecule has 2 N–H and O–H groups in total. The topological polar surface area (TPSA) is 93.2 Å². The highest BCUT2D eigenvalue weighted by Gasteiger charge is 2.50. The molecule has 0 aliphatic carbocycles. The number of halogens is 3. The van der Waals surface area contributed by atoms with Crippen LogP contribution in [0, 0.1) is 0 Å². The van der Waals surface area contributed by atoms with Crippen molar-refractivity contribution in [2.24, 2.45) is 7.05 Å². The normalized spacial score (nSPS) is 14.6. The summed E-state index contributed by atoms with van der Waals surface area (Å²) >= 11 is 0. The lowest BCUT2D eigenvalue weighted by molar-refractivity contribution is -0.249. The van der Waals surface area contributed by atoms with Crippen LogP contribution in [-0.4, -0.2) is 44.3 Å². The van der Waals surface area contributed by atoms with Crippen LogP contribution < -0.4 is 5.32 Å². The monoisotopic (exact) mass is 318 g/mol. The molecule has 7 nitrogen and oxygen atoms in total. The van der Waals surface area contributed by atoms with Crippen molar-refractivity contribution >= 4 is 5.91 Å². The Hall–Kier alpha value is -2.36. The van der Waals surface area contributed by atoms with E-state index in [1.165, 1.54) is 10.7 Å². The first kappa shape index (κ1) is 16.0. The SMILES string of the molecule is Cn1ccc(-c2cc(C(=O)NCC(C)(O)C(F)(F)F)no2)n1. The smallest absolute Gasteiger partial charge is 0.379 e. The van der Waals surface area contributed by atoms with E-state index in [1.807, 2.05) is 5.32 Å². The van der Waals surface area contributed by atoms with Gasteiger partial charge in [-0.15, -0.1) is 0 Å². The minimum Gasteiger partial charge on any atom is -0.379 e. The second-order valence-corrected chi connectivity index (χ2v) is 4.91. The van der Waals surface area contributed by atoms with Crippen molar-refractivity contribution in [2.75, 3.05) is 6.54 Å². The van der Waals surface area contributed by atoms with Gasteiger partial charge in [-0.1, -0.05) is 5.16 Å². The van der Waals surface area contributed by atoms with Crippen LogP contribution >= 0.6 is 0 Å². The molecule has 1 atom stereocenters. The minimum atomic E-state index is -4.86. The Bertz CT molecular complexity index is 675. The number of nitrogens with one attached hydrogen (secondary N) is 1. The van der Waals surface area contributed by atoms with E-state index < -0.39 is 24.2 Å². The molecule has 1 unspecified atom stereocenters. The number of aryl methyl sites for hydroxylation is 1. The molecular weight excluding hydrogens is 305 g/mol. The molecule has 120 valence electrons. The van der Waals surface area contributed by atoms with Gasteiger partial charge >= 0.3 is 6.18 Å². The zero-order valence-corrected chi connectivity index (χ0v) is 11.7. The van der Waals surface area contributed by atoms with Crippen LogP contribution in [0.2, 0.25) is 0 Å². The van der Waals surface area contributed by atoms with Gasteiger partial charge in [0.1, 0.15) is 5.69 Å². The van der Waals surface area contributed by atoms with E-state index in [0.29, 0.717) is 12.6 Å². The predicted octanol–water partition coefficient (Wildman–Crippen LogP) is 1.12. The summed E-state index contributed by atoms with van der Waals surface area (Å²) in [6.07, 6.45) is -3.21. The number of carbonyl (C=O) groups is 1. The summed E-state index contributed by atoms with van der Waals surface area (Å²) in [6, 6.07) is 2.87. The van der Waals surface area contributed by atoms with Crippen molar-refractivity contribution in [2.45, 2.75) is 18.7 Å². The molecule has 0 aromatic carbocycles. The van der Waals surface area contributed by atoms with Gasteiger partial charge in [0.2, 0.25) is 0 Å². The lowest BCUT2D eigenvalue weighted by atomic mass is 10.1. The zero-order valence-electron chi connectivity index (χ0n) is 11.7. The van der Waals surface area contributed by atoms with E-state index in [2.05, 4.69) is 10.3 Å². The van der Waals surface area contributed by atoms with Gasteiger partial charge in [0, 0.05) is 19.3 Å². The Morgan fingerprint density at radius 2 is 2.18 bits per heavy atom. The first-order valence-corrected chi connectivity index (χ1v) is 6.14. The lowest BCUT2D eigenvalue weighted by Gasteiger charge is -2.26. The average molecular weight is 318 g/mol. The Balaban J connectivity index is 2.04. The summed E-state index contributed by atoms with van der Waals surface area (Å²) in [4.78, 5) is 11.7. The van der Waals surface area contributed by atoms with Crippen LogP contribution in [0.25, 0.3) is 11.5 Å². The van der Waals surface area contributed by atoms with Gasteiger partial charge in [-0.25, -0.2) is 0 Å². The molecule has 0 radical (unpaired) electrons. The highest BCUT2D eigenvalue weighted by Crippen LogP contribution is 2.29. The number of aromatic nitrogens is 3. The highest BCUT2D eigenvalue weighted by molar-refractivity contribution is 5.93. The molecule has 0 aliphatic rings. The average Bonchev–Trinajstić information content (AvgIpc) is 3.03. The lowest BCUT2D eigenvalue weighted by Crippen LogP contribution is -2.51. The van der Waals surface area contributed by atoms with Gasteiger partial charge in [-0.3, -0.25) is 9.48 Å². The number of carbonyl (C=O) groups excluding carboxylic acids is 1. The van der Waals surface area contributed by atoms with Crippen LogP contribution in [0.4, 0.5) is 13.2 Å². The Kier molecular flexibility index (Phi) is 3.96. The van der Waals surface area contributed by atoms with Crippen molar-refractivity contribution < 1.29 is 27.6 Å². The summed E-state index contributed by atoms with van der Waals surface area (Å²) in [5, 5.41) is 18.7. The standard InChI is InChI=1S/C12H13F3N4O3/c1-11(21,12(13,14)15)6-16-10(20)8-5-9(22-18-8)7-3-4-19(2)17-7/h3-5,21H,6H2,1-2H3,(H,16,20). The Morgan fingerprint density at radius 3 is 2.73 bits per heavy atom. The second-order valence-electron chi connectivity index (χ2n) is 4.91. The third kappa shape index (κ3) is 3.27. The molecule has 2 aromatic rings. The number of alkyl halides is 3. The van der Waals surface area contributed by atoms with Gasteiger partial charge in [-0.2, -0.15) is 18.3 Å². The summed E-state index contributed by atoms with van der Waals surface area (Å²) in [6.45, 7) is -0.434. The first-order valence-electron chi connectivity index (χ1n) is 6.14. The van der Waals surface area contributed by atoms with Crippen molar-refractivity contribution in [1.82, 2.24) is 20.3 Å². The number of aliphatic hydroxyl groups is 1. The molecule has 0 saturated heterocycles.